The maximum atomic E-state index is 6.37. The van der Waals surface area contributed by atoms with Crippen molar-refractivity contribution in [1.29, 1.82) is 0 Å². The van der Waals surface area contributed by atoms with Crippen molar-refractivity contribution in [3.63, 3.8) is 0 Å². The number of nitrogens with one attached hydrogen (secondary N) is 2. The molecule has 0 radical (unpaired) electrons. The van der Waals surface area contributed by atoms with E-state index in [1.807, 2.05) is 0 Å². The molecule has 3 aromatic rings. The molecule has 2 heterocycles. The van der Waals surface area contributed by atoms with Crippen LogP contribution in [-0.4, -0.2) is 42.3 Å². The molecule has 0 bridgehead atoms. The lowest BCUT2D eigenvalue weighted by Gasteiger charge is -2.27. The van der Waals surface area contributed by atoms with Crippen LogP contribution in [0, 0.1) is 0 Å². The first kappa shape index (κ1) is 22.2. The first-order valence-electron chi connectivity index (χ1n) is 10.3. The number of nitrogens with zero attached hydrogens (tertiary/aromatic N) is 4. The monoisotopic (exact) mass is 474 g/mol. The molecule has 4 rings (SSSR count). The molecule has 0 aliphatic carbocycles. The molecule has 1 saturated heterocycles. The van der Waals surface area contributed by atoms with Gasteiger partial charge in [0.15, 0.2) is 0 Å². The van der Waals surface area contributed by atoms with Crippen LogP contribution in [0.15, 0.2) is 36.4 Å². The van der Waals surface area contributed by atoms with Gasteiger partial charge in [0.25, 0.3) is 0 Å². The summed E-state index contributed by atoms with van der Waals surface area (Å²) in [4.78, 5) is 16.0. The second-order valence-corrected chi connectivity index (χ2v) is 8.09. The average Bonchev–Trinajstić information content (AvgIpc) is 2.82. The van der Waals surface area contributed by atoms with E-state index >= 15 is 0 Å². The Morgan fingerprint density at radius 1 is 0.750 bits per heavy atom. The molecule has 8 nitrogen and oxygen atoms in total. The summed E-state index contributed by atoms with van der Waals surface area (Å²) in [6.07, 6.45) is 3.40. The first-order valence-corrected chi connectivity index (χ1v) is 11.0. The lowest BCUT2D eigenvalue weighted by Crippen LogP contribution is -2.31. The Hall–Kier alpha value is -2.97. The van der Waals surface area contributed by atoms with Crippen molar-refractivity contribution in [3.05, 3.63) is 46.4 Å². The summed E-state index contributed by atoms with van der Waals surface area (Å²) in [5.74, 6) is 2.64. The zero-order valence-electron chi connectivity index (χ0n) is 17.9. The summed E-state index contributed by atoms with van der Waals surface area (Å²) in [5.41, 5.74) is 1.26. The summed E-state index contributed by atoms with van der Waals surface area (Å²) < 4.78 is 10.6. The summed E-state index contributed by atoms with van der Waals surface area (Å²) >= 11 is 12.7. The first-order chi connectivity index (χ1) is 15.6. The normalized spacial score (nSPS) is 13.6. The molecule has 1 fully saturated rings. The quantitative estimate of drug-likeness (QED) is 0.452. The van der Waals surface area contributed by atoms with Crippen LogP contribution in [0.5, 0.6) is 11.5 Å². The average molecular weight is 475 g/mol. The fourth-order valence-electron chi connectivity index (χ4n) is 3.41. The van der Waals surface area contributed by atoms with Crippen LogP contribution in [0.2, 0.25) is 10.0 Å². The third-order valence-electron chi connectivity index (χ3n) is 5.10. The second-order valence-electron chi connectivity index (χ2n) is 7.27. The predicted molar refractivity (Wildman–Crippen MR) is 128 cm³/mol. The van der Waals surface area contributed by atoms with Crippen LogP contribution >= 0.6 is 23.2 Å². The smallest absolute Gasteiger partial charge is 0.233 e. The van der Waals surface area contributed by atoms with Crippen molar-refractivity contribution in [3.8, 4) is 11.5 Å². The van der Waals surface area contributed by atoms with Crippen LogP contribution < -0.4 is 25.0 Å². The number of rotatable bonds is 7. The highest BCUT2D eigenvalue weighted by Gasteiger charge is 2.18. The Labute approximate surface area is 196 Å². The number of anilines is 5. The van der Waals surface area contributed by atoms with E-state index in [4.69, 9.17) is 32.7 Å². The molecule has 0 unspecified atom stereocenters. The molecule has 0 amide bonds. The number of ether oxygens (including phenoxy) is 2. The van der Waals surface area contributed by atoms with Crippen molar-refractivity contribution in [2.75, 3.05) is 42.8 Å². The zero-order valence-corrected chi connectivity index (χ0v) is 19.4. The zero-order chi connectivity index (χ0) is 22.5. The van der Waals surface area contributed by atoms with Gasteiger partial charge in [0.1, 0.15) is 11.5 Å². The van der Waals surface area contributed by atoms with Gasteiger partial charge in [-0.15, -0.1) is 0 Å². The fourth-order valence-corrected chi connectivity index (χ4v) is 3.74. The van der Waals surface area contributed by atoms with Crippen LogP contribution in [0.3, 0.4) is 0 Å². The largest absolute Gasteiger partial charge is 0.497 e. The molecule has 0 spiro atoms. The molecular weight excluding hydrogens is 451 g/mol. The van der Waals surface area contributed by atoms with E-state index in [9.17, 15) is 0 Å². The van der Waals surface area contributed by atoms with Crippen molar-refractivity contribution in [1.82, 2.24) is 15.0 Å². The van der Waals surface area contributed by atoms with E-state index in [-0.39, 0.29) is 0 Å². The van der Waals surface area contributed by atoms with Crippen molar-refractivity contribution in [2.24, 2.45) is 0 Å². The summed E-state index contributed by atoms with van der Waals surface area (Å²) in [6.45, 7) is 1.78. The van der Waals surface area contributed by atoms with Gasteiger partial charge < -0.3 is 25.0 Å². The molecule has 2 aromatic carbocycles. The molecule has 0 saturated carbocycles. The number of benzene rings is 2. The lowest BCUT2D eigenvalue weighted by atomic mass is 10.1. The maximum Gasteiger partial charge on any atom is 0.233 e. The summed E-state index contributed by atoms with van der Waals surface area (Å²) in [5, 5.41) is 7.43. The fraction of sp³-hybridized carbons (Fsp3) is 0.318. The van der Waals surface area contributed by atoms with Crippen LogP contribution in [0.25, 0.3) is 0 Å². The minimum atomic E-state index is 0.359. The van der Waals surface area contributed by atoms with E-state index in [2.05, 4.69) is 30.5 Å². The Kier molecular flexibility index (Phi) is 7.02. The summed E-state index contributed by atoms with van der Waals surface area (Å²) in [6, 6.07) is 10.7. The molecule has 10 heteroatoms. The summed E-state index contributed by atoms with van der Waals surface area (Å²) in [7, 11) is 3.20. The van der Waals surface area contributed by atoms with Crippen LogP contribution in [0.1, 0.15) is 19.3 Å². The highest BCUT2D eigenvalue weighted by molar-refractivity contribution is 6.33. The van der Waals surface area contributed by atoms with E-state index < -0.39 is 0 Å². The molecule has 1 aromatic heterocycles. The number of aromatic nitrogens is 3. The second kappa shape index (κ2) is 10.1. The number of halogens is 2. The van der Waals surface area contributed by atoms with E-state index in [1.54, 1.807) is 50.6 Å². The standard InChI is InChI=1S/C22H24Cl2N6O2/c1-31-14-6-8-16(23)18(12-14)25-20-27-21(26-19-13-15(32-2)7-9-17(19)24)29-22(28-20)30-10-4-3-5-11-30/h6-9,12-13H,3-5,10-11H2,1-2H3,(H2,25,26,27,28,29). The third kappa shape index (κ3) is 5.26. The van der Waals surface area contributed by atoms with Gasteiger partial charge in [0, 0.05) is 25.2 Å². The SMILES string of the molecule is COc1ccc(Cl)c(Nc2nc(Nc3cc(OC)ccc3Cl)nc(N3CCCCC3)n2)c1. The van der Waals surface area contributed by atoms with Gasteiger partial charge in [0.2, 0.25) is 17.8 Å². The van der Waals surface area contributed by atoms with Crippen molar-refractivity contribution < 1.29 is 9.47 Å². The van der Waals surface area contributed by atoms with E-state index in [0.29, 0.717) is 50.8 Å². The van der Waals surface area contributed by atoms with Gasteiger partial charge in [0.05, 0.1) is 35.6 Å². The molecule has 2 N–H and O–H groups in total. The third-order valence-corrected chi connectivity index (χ3v) is 5.76. The number of hydrogen-bond acceptors (Lipinski definition) is 8. The lowest BCUT2D eigenvalue weighted by molar-refractivity contribution is 0.415. The van der Waals surface area contributed by atoms with Gasteiger partial charge in [-0.25, -0.2) is 0 Å². The Bertz CT molecular complexity index is 1020. The number of hydrogen-bond donors (Lipinski definition) is 2. The highest BCUT2D eigenvalue weighted by atomic mass is 35.5. The van der Waals surface area contributed by atoms with Crippen molar-refractivity contribution in [2.45, 2.75) is 19.3 Å². The van der Waals surface area contributed by atoms with Crippen LogP contribution in [-0.2, 0) is 0 Å². The minimum absolute atomic E-state index is 0.359. The van der Waals surface area contributed by atoms with Gasteiger partial charge in [-0.1, -0.05) is 23.2 Å². The van der Waals surface area contributed by atoms with Crippen molar-refractivity contribution >= 4 is 52.4 Å². The van der Waals surface area contributed by atoms with E-state index in [1.165, 1.54) is 6.42 Å². The molecule has 1 aliphatic rings. The Morgan fingerprint density at radius 2 is 1.25 bits per heavy atom. The van der Waals surface area contributed by atoms with Crippen LogP contribution in [0.4, 0.5) is 29.2 Å². The predicted octanol–water partition coefficient (Wildman–Crippen LogP) is 5.67. The molecule has 1 aliphatic heterocycles. The van der Waals surface area contributed by atoms with Gasteiger partial charge in [-0.3, -0.25) is 0 Å². The van der Waals surface area contributed by atoms with Gasteiger partial charge in [-0.2, -0.15) is 15.0 Å². The molecule has 32 heavy (non-hydrogen) atoms. The highest BCUT2D eigenvalue weighted by Crippen LogP contribution is 2.31. The molecule has 0 atom stereocenters. The number of piperidine rings is 1. The van der Waals surface area contributed by atoms with E-state index in [0.717, 1.165) is 25.9 Å². The Morgan fingerprint density at radius 3 is 1.72 bits per heavy atom. The van der Waals surface area contributed by atoms with Gasteiger partial charge >= 0.3 is 0 Å². The Balaban J connectivity index is 1.70. The topological polar surface area (TPSA) is 84.4 Å². The minimum Gasteiger partial charge on any atom is -0.497 e. The molecular formula is C22H24Cl2N6O2. The molecule has 168 valence electrons. The maximum absolute atomic E-state index is 6.37. The van der Waals surface area contributed by atoms with Gasteiger partial charge in [-0.05, 0) is 43.5 Å². The number of methoxy groups -OCH3 is 2.